The predicted molar refractivity (Wildman–Crippen MR) is 148 cm³/mol. The van der Waals surface area contributed by atoms with Gasteiger partial charge in [-0.2, -0.15) is 0 Å². The van der Waals surface area contributed by atoms with Crippen LogP contribution < -0.4 is 19.9 Å². The van der Waals surface area contributed by atoms with Gasteiger partial charge in [-0.3, -0.25) is 9.78 Å². The van der Waals surface area contributed by atoms with E-state index in [0.29, 0.717) is 12.2 Å². The zero-order valence-electron chi connectivity index (χ0n) is 21.8. The third-order valence-electron chi connectivity index (χ3n) is 6.44. The standard InChI is InChI=1S/C27H34N6O3S/c1-20-17-24(36-4)18-21(2)27(20)37(35)31(3)12-9-26(34)30-22-5-6-25(29-19-22)33-15-13-32(14-16-33)23-7-10-28-11-8-23/h5-8,10-11,17-19H,9,12-16H2,1-4H3,(H,30,34). The van der Waals surface area contributed by atoms with Crippen molar-refractivity contribution in [2.24, 2.45) is 0 Å². The molecule has 1 amide bonds. The van der Waals surface area contributed by atoms with Gasteiger partial charge in [0.05, 0.1) is 23.9 Å². The monoisotopic (exact) mass is 522 g/mol. The van der Waals surface area contributed by atoms with Crippen LogP contribution >= 0.6 is 0 Å². The van der Waals surface area contributed by atoms with E-state index in [-0.39, 0.29) is 12.3 Å². The maximum atomic E-state index is 13.1. The van der Waals surface area contributed by atoms with Gasteiger partial charge in [-0.15, -0.1) is 0 Å². The molecule has 0 saturated carbocycles. The lowest BCUT2D eigenvalue weighted by atomic mass is 10.1. The van der Waals surface area contributed by atoms with E-state index in [1.807, 2.05) is 62.6 Å². The summed E-state index contributed by atoms with van der Waals surface area (Å²) >= 11 is 0. The fourth-order valence-corrected chi connectivity index (χ4v) is 5.66. The molecule has 0 aliphatic carbocycles. The number of methoxy groups -OCH3 is 1. The van der Waals surface area contributed by atoms with Gasteiger partial charge in [-0.25, -0.2) is 13.5 Å². The summed E-state index contributed by atoms with van der Waals surface area (Å²) in [5, 5.41) is 2.90. The number of ether oxygens (including phenoxy) is 1. The van der Waals surface area contributed by atoms with E-state index in [0.717, 1.165) is 53.8 Å². The van der Waals surface area contributed by atoms with E-state index < -0.39 is 11.0 Å². The molecule has 9 nitrogen and oxygen atoms in total. The Bertz CT molecular complexity index is 1210. The summed E-state index contributed by atoms with van der Waals surface area (Å²) in [7, 11) is 2.00. The summed E-state index contributed by atoms with van der Waals surface area (Å²) in [5.74, 6) is 1.49. The Morgan fingerprint density at radius 3 is 2.30 bits per heavy atom. The number of aromatic nitrogens is 2. The zero-order chi connectivity index (χ0) is 26.4. The molecule has 37 heavy (non-hydrogen) atoms. The van der Waals surface area contributed by atoms with Crippen LogP contribution in [-0.4, -0.2) is 71.3 Å². The lowest BCUT2D eigenvalue weighted by molar-refractivity contribution is -0.116. The van der Waals surface area contributed by atoms with Gasteiger partial charge in [-0.1, -0.05) is 0 Å². The van der Waals surface area contributed by atoms with Crippen LogP contribution in [0.3, 0.4) is 0 Å². The van der Waals surface area contributed by atoms with Crippen molar-refractivity contribution in [2.75, 3.05) is 62.0 Å². The van der Waals surface area contributed by atoms with Crippen LogP contribution in [0.2, 0.25) is 0 Å². The first-order chi connectivity index (χ1) is 17.9. The first kappa shape index (κ1) is 26.6. The fourth-order valence-electron chi connectivity index (χ4n) is 4.42. The van der Waals surface area contributed by atoms with Crippen molar-refractivity contribution in [3.05, 3.63) is 66.1 Å². The molecule has 0 spiro atoms. The Morgan fingerprint density at radius 1 is 1.05 bits per heavy atom. The molecule has 1 aliphatic heterocycles. The molecule has 3 heterocycles. The Morgan fingerprint density at radius 2 is 1.70 bits per heavy atom. The van der Waals surface area contributed by atoms with E-state index >= 15 is 0 Å². The van der Waals surface area contributed by atoms with Crippen LogP contribution in [0.4, 0.5) is 17.2 Å². The molecule has 1 atom stereocenters. The topological polar surface area (TPSA) is 90.9 Å². The van der Waals surface area contributed by atoms with Crippen molar-refractivity contribution >= 4 is 34.1 Å². The summed E-state index contributed by atoms with van der Waals surface area (Å²) in [6.45, 7) is 7.76. The number of nitrogens with one attached hydrogen (secondary N) is 1. The fraction of sp³-hybridized carbons (Fsp3) is 0.370. The van der Waals surface area contributed by atoms with Gasteiger partial charge in [0.25, 0.3) is 0 Å². The van der Waals surface area contributed by atoms with Crippen molar-refractivity contribution in [2.45, 2.75) is 25.2 Å². The van der Waals surface area contributed by atoms with Gasteiger partial charge >= 0.3 is 0 Å². The Kier molecular flexibility index (Phi) is 8.73. The predicted octanol–water partition coefficient (Wildman–Crippen LogP) is 3.41. The number of carbonyl (C=O) groups excluding carboxylic acids is 1. The van der Waals surface area contributed by atoms with Crippen LogP contribution in [0.1, 0.15) is 17.5 Å². The van der Waals surface area contributed by atoms with Crippen LogP contribution in [0.15, 0.2) is 59.9 Å². The largest absolute Gasteiger partial charge is 0.497 e. The number of pyridine rings is 2. The van der Waals surface area contributed by atoms with E-state index in [1.165, 1.54) is 5.69 Å². The first-order valence-corrected chi connectivity index (χ1v) is 13.4. The lowest BCUT2D eigenvalue weighted by Gasteiger charge is -2.36. The minimum absolute atomic E-state index is 0.146. The normalized spacial score (nSPS) is 14.5. The van der Waals surface area contributed by atoms with Crippen molar-refractivity contribution < 1.29 is 13.7 Å². The van der Waals surface area contributed by atoms with Gasteiger partial charge < -0.3 is 19.9 Å². The lowest BCUT2D eigenvalue weighted by Crippen LogP contribution is -2.46. The number of piperazine rings is 1. The maximum Gasteiger partial charge on any atom is 0.225 e. The average molecular weight is 523 g/mol. The highest BCUT2D eigenvalue weighted by atomic mass is 32.2. The number of hydrogen-bond acceptors (Lipinski definition) is 7. The molecular formula is C27H34N6O3S. The third kappa shape index (κ3) is 6.64. The molecule has 196 valence electrons. The first-order valence-electron chi connectivity index (χ1n) is 12.3. The number of benzene rings is 1. The SMILES string of the molecule is COc1cc(C)c(S(=O)N(C)CCC(=O)Nc2ccc(N3CCN(c4ccncc4)CC3)nc2)c(C)c1. The summed E-state index contributed by atoms with van der Waals surface area (Å²) in [6.07, 6.45) is 5.54. The van der Waals surface area contributed by atoms with Crippen molar-refractivity contribution in [1.82, 2.24) is 14.3 Å². The number of amides is 1. The number of nitrogens with zero attached hydrogens (tertiary/aromatic N) is 5. The van der Waals surface area contributed by atoms with Gasteiger partial charge in [0.15, 0.2) is 0 Å². The number of aryl methyl sites for hydroxylation is 2. The van der Waals surface area contributed by atoms with Crippen molar-refractivity contribution in [1.29, 1.82) is 0 Å². The minimum Gasteiger partial charge on any atom is -0.497 e. The van der Waals surface area contributed by atoms with Crippen LogP contribution in [0.25, 0.3) is 0 Å². The molecule has 2 aromatic heterocycles. The molecule has 0 radical (unpaired) electrons. The quantitative estimate of drug-likeness (QED) is 0.461. The van der Waals surface area contributed by atoms with Crippen LogP contribution in [0.5, 0.6) is 5.75 Å². The summed E-state index contributed by atoms with van der Waals surface area (Å²) in [4.78, 5) is 26.5. The number of carbonyl (C=O) groups is 1. The summed E-state index contributed by atoms with van der Waals surface area (Å²) in [5.41, 5.74) is 3.63. The van der Waals surface area contributed by atoms with E-state index in [9.17, 15) is 9.00 Å². The second kappa shape index (κ2) is 12.2. The second-order valence-corrected chi connectivity index (χ2v) is 10.6. The molecule has 1 fully saturated rings. The van der Waals surface area contributed by atoms with Crippen molar-refractivity contribution in [3.63, 3.8) is 0 Å². The number of hydrogen-bond donors (Lipinski definition) is 1. The Hall–Kier alpha value is -3.50. The highest BCUT2D eigenvalue weighted by Gasteiger charge is 2.20. The zero-order valence-corrected chi connectivity index (χ0v) is 22.6. The molecule has 10 heteroatoms. The summed E-state index contributed by atoms with van der Waals surface area (Å²) < 4.78 is 20.1. The smallest absolute Gasteiger partial charge is 0.225 e. The second-order valence-electron chi connectivity index (χ2n) is 9.07. The third-order valence-corrected chi connectivity index (χ3v) is 8.19. The van der Waals surface area contributed by atoms with Gasteiger partial charge in [0.2, 0.25) is 5.91 Å². The summed E-state index contributed by atoms with van der Waals surface area (Å²) in [6, 6.07) is 11.6. The molecule has 1 unspecified atom stereocenters. The maximum absolute atomic E-state index is 13.1. The molecule has 1 aromatic carbocycles. The van der Waals surface area contributed by atoms with Crippen molar-refractivity contribution in [3.8, 4) is 5.75 Å². The Labute approximate surface area is 221 Å². The van der Waals surface area contributed by atoms with Gasteiger partial charge in [-0.05, 0) is 61.4 Å². The molecule has 1 saturated heterocycles. The molecule has 1 aliphatic rings. The molecule has 0 bridgehead atoms. The average Bonchev–Trinajstić information content (AvgIpc) is 2.92. The van der Waals surface area contributed by atoms with Crippen LogP contribution in [0, 0.1) is 13.8 Å². The highest BCUT2D eigenvalue weighted by molar-refractivity contribution is 7.82. The molecule has 1 N–H and O–H groups in total. The number of anilines is 3. The van der Waals surface area contributed by atoms with E-state index in [2.05, 4.69) is 25.1 Å². The Balaban J connectivity index is 1.25. The minimum atomic E-state index is -1.37. The molecular weight excluding hydrogens is 488 g/mol. The van der Waals surface area contributed by atoms with Crippen LogP contribution in [-0.2, 0) is 15.8 Å². The van der Waals surface area contributed by atoms with Gasteiger partial charge in [0.1, 0.15) is 22.6 Å². The molecule has 4 rings (SSSR count). The molecule has 3 aromatic rings. The van der Waals surface area contributed by atoms with E-state index in [1.54, 1.807) is 24.7 Å². The highest BCUT2D eigenvalue weighted by Crippen LogP contribution is 2.26. The van der Waals surface area contributed by atoms with Gasteiger partial charge in [0, 0.05) is 64.3 Å². The van der Waals surface area contributed by atoms with E-state index in [4.69, 9.17) is 4.74 Å². The number of rotatable bonds is 9.